The summed E-state index contributed by atoms with van der Waals surface area (Å²) in [5.74, 6) is -1.23. The predicted octanol–water partition coefficient (Wildman–Crippen LogP) is -0.0614. The van der Waals surface area contributed by atoms with Gasteiger partial charge in [-0.3, -0.25) is 19.7 Å². The Kier molecular flexibility index (Phi) is 2.93. The summed E-state index contributed by atoms with van der Waals surface area (Å²) >= 11 is 1.25. The minimum Gasteiger partial charge on any atom is -0.317 e. The molecule has 1 aromatic heterocycles. The monoisotopic (exact) mass is 253 g/mol. The minimum atomic E-state index is -0.636. The number of rotatable bonds is 1. The second-order valence-electron chi connectivity index (χ2n) is 3.76. The predicted molar refractivity (Wildman–Crippen MR) is 60.5 cm³/mol. The lowest BCUT2D eigenvalue weighted by atomic mass is 10.2. The van der Waals surface area contributed by atoms with Crippen LogP contribution in [-0.2, 0) is 9.59 Å². The number of aromatic nitrogens is 1. The van der Waals surface area contributed by atoms with Crippen LogP contribution < -0.4 is 5.32 Å². The van der Waals surface area contributed by atoms with Gasteiger partial charge in [0.25, 0.3) is 5.91 Å². The number of amides is 3. The number of imide groups is 1. The van der Waals surface area contributed by atoms with Crippen LogP contribution in [0.1, 0.15) is 21.6 Å². The fourth-order valence-corrected chi connectivity index (χ4v) is 2.30. The quantitative estimate of drug-likeness (QED) is 0.711. The first-order chi connectivity index (χ1) is 7.99. The van der Waals surface area contributed by atoms with Crippen LogP contribution in [0.2, 0.25) is 0 Å². The standard InChI is InChI=1S/C10H11N3O3S/c1-5-9(15)12-8(14)4-13(5)10(16)7-3-11-6(2)17-7/h3,5H,4H2,1-2H3,(H,12,14,15). The first-order valence-electron chi connectivity index (χ1n) is 5.06. The van der Waals surface area contributed by atoms with Gasteiger partial charge in [-0.2, -0.15) is 0 Å². The largest absolute Gasteiger partial charge is 0.317 e. The molecular formula is C10H11N3O3S. The Hall–Kier alpha value is -1.76. The Labute approximate surface area is 102 Å². The van der Waals surface area contributed by atoms with Crippen LogP contribution in [0, 0.1) is 6.92 Å². The van der Waals surface area contributed by atoms with E-state index in [4.69, 9.17) is 0 Å². The minimum absolute atomic E-state index is 0.0946. The van der Waals surface area contributed by atoms with Crippen molar-refractivity contribution in [1.82, 2.24) is 15.2 Å². The summed E-state index contributed by atoms with van der Waals surface area (Å²) < 4.78 is 0. The van der Waals surface area contributed by atoms with Crippen LogP contribution in [0.5, 0.6) is 0 Å². The molecule has 0 saturated carbocycles. The van der Waals surface area contributed by atoms with Crippen molar-refractivity contribution in [1.29, 1.82) is 0 Å². The molecule has 90 valence electrons. The number of aryl methyl sites for hydroxylation is 1. The first-order valence-corrected chi connectivity index (χ1v) is 5.88. The van der Waals surface area contributed by atoms with Crippen molar-refractivity contribution >= 4 is 29.1 Å². The van der Waals surface area contributed by atoms with Crippen molar-refractivity contribution < 1.29 is 14.4 Å². The molecule has 7 heteroatoms. The van der Waals surface area contributed by atoms with Gasteiger partial charge in [0.2, 0.25) is 11.8 Å². The van der Waals surface area contributed by atoms with Gasteiger partial charge in [-0.25, -0.2) is 4.98 Å². The summed E-state index contributed by atoms with van der Waals surface area (Å²) in [4.78, 5) is 40.4. The molecule has 3 amide bonds. The van der Waals surface area contributed by atoms with Crippen molar-refractivity contribution in [2.45, 2.75) is 19.9 Å². The highest BCUT2D eigenvalue weighted by Crippen LogP contribution is 2.17. The molecule has 0 bridgehead atoms. The Morgan fingerprint density at radius 1 is 1.59 bits per heavy atom. The Bertz CT molecular complexity index is 497. The van der Waals surface area contributed by atoms with Crippen LogP contribution in [-0.4, -0.2) is 40.2 Å². The molecule has 17 heavy (non-hydrogen) atoms. The maximum Gasteiger partial charge on any atom is 0.266 e. The zero-order chi connectivity index (χ0) is 12.6. The van der Waals surface area contributed by atoms with E-state index < -0.39 is 17.9 Å². The first kappa shape index (κ1) is 11.7. The molecule has 2 heterocycles. The summed E-state index contributed by atoms with van der Waals surface area (Å²) in [6, 6.07) is -0.636. The number of thiazole rings is 1. The molecule has 0 aromatic carbocycles. The van der Waals surface area contributed by atoms with E-state index in [-0.39, 0.29) is 12.5 Å². The van der Waals surface area contributed by atoms with Crippen molar-refractivity contribution in [3.8, 4) is 0 Å². The highest BCUT2D eigenvalue weighted by atomic mass is 32.1. The molecule has 1 saturated heterocycles. The maximum atomic E-state index is 12.1. The van der Waals surface area contributed by atoms with Gasteiger partial charge in [-0.05, 0) is 13.8 Å². The highest BCUT2D eigenvalue weighted by molar-refractivity contribution is 7.13. The topological polar surface area (TPSA) is 79.4 Å². The number of hydrogen-bond donors (Lipinski definition) is 1. The fourth-order valence-electron chi connectivity index (χ4n) is 1.56. The third kappa shape index (κ3) is 2.19. The van der Waals surface area contributed by atoms with Gasteiger partial charge in [0.05, 0.1) is 11.2 Å². The summed E-state index contributed by atoms with van der Waals surface area (Å²) in [6.45, 7) is 3.29. The second kappa shape index (κ2) is 4.25. The van der Waals surface area contributed by atoms with E-state index in [1.165, 1.54) is 22.4 Å². The number of nitrogens with zero attached hydrogens (tertiary/aromatic N) is 2. The van der Waals surface area contributed by atoms with E-state index in [2.05, 4.69) is 10.3 Å². The van der Waals surface area contributed by atoms with E-state index in [0.29, 0.717) is 4.88 Å². The van der Waals surface area contributed by atoms with Crippen LogP contribution in [0.15, 0.2) is 6.20 Å². The number of nitrogens with one attached hydrogen (secondary N) is 1. The third-order valence-electron chi connectivity index (χ3n) is 2.52. The SMILES string of the molecule is Cc1ncc(C(=O)N2CC(=O)NC(=O)C2C)s1. The maximum absolute atomic E-state index is 12.1. The zero-order valence-electron chi connectivity index (χ0n) is 9.39. The molecular weight excluding hydrogens is 242 g/mol. The van der Waals surface area contributed by atoms with Crippen LogP contribution in [0.3, 0.4) is 0 Å². The summed E-state index contributed by atoms with van der Waals surface area (Å²) in [7, 11) is 0. The van der Waals surface area contributed by atoms with Crippen LogP contribution in [0.25, 0.3) is 0 Å². The lowest BCUT2D eigenvalue weighted by molar-refractivity contribution is -0.138. The van der Waals surface area contributed by atoms with Gasteiger partial charge < -0.3 is 4.90 Å². The summed E-state index contributed by atoms with van der Waals surface area (Å²) in [6.07, 6.45) is 1.46. The van der Waals surface area contributed by atoms with E-state index in [1.807, 2.05) is 0 Å². The smallest absolute Gasteiger partial charge is 0.266 e. The molecule has 1 N–H and O–H groups in total. The Balaban J connectivity index is 2.24. The van der Waals surface area contributed by atoms with Crippen LogP contribution >= 0.6 is 11.3 Å². The fraction of sp³-hybridized carbons (Fsp3) is 0.400. The van der Waals surface area contributed by atoms with Crippen molar-refractivity contribution in [3.05, 3.63) is 16.1 Å². The second-order valence-corrected chi connectivity index (χ2v) is 5.00. The summed E-state index contributed by atoms with van der Waals surface area (Å²) in [5.41, 5.74) is 0. The third-order valence-corrected chi connectivity index (χ3v) is 3.42. The number of hydrogen-bond acceptors (Lipinski definition) is 5. The van der Waals surface area contributed by atoms with Gasteiger partial charge in [-0.1, -0.05) is 0 Å². The normalized spacial score (nSPS) is 20.4. The highest BCUT2D eigenvalue weighted by Gasteiger charge is 2.34. The molecule has 1 aromatic rings. The van der Waals surface area contributed by atoms with Gasteiger partial charge in [0.15, 0.2) is 0 Å². The van der Waals surface area contributed by atoms with E-state index >= 15 is 0 Å². The van der Waals surface area contributed by atoms with Crippen molar-refractivity contribution in [3.63, 3.8) is 0 Å². The molecule has 6 nitrogen and oxygen atoms in total. The van der Waals surface area contributed by atoms with Crippen molar-refractivity contribution in [2.24, 2.45) is 0 Å². The number of carbonyl (C=O) groups excluding carboxylic acids is 3. The van der Waals surface area contributed by atoms with E-state index in [0.717, 1.165) is 5.01 Å². The average molecular weight is 253 g/mol. The molecule has 2 rings (SSSR count). The molecule has 1 aliphatic rings. The summed E-state index contributed by atoms with van der Waals surface area (Å²) in [5, 5.41) is 2.96. The molecule has 1 atom stereocenters. The van der Waals surface area contributed by atoms with Gasteiger partial charge >= 0.3 is 0 Å². The van der Waals surface area contributed by atoms with Crippen LogP contribution in [0.4, 0.5) is 0 Å². The van der Waals surface area contributed by atoms with Gasteiger partial charge in [0, 0.05) is 0 Å². The molecule has 0 aliphatic carbocycles. The molecule has 0 spiro atoms. The van der Waals surface area contributed by atoms with Gasteiger partial charge in [-0.15, -0.1) is 11.3 Å². The molecule has 0 radical (unpaired) electrons. The van der Waals surface area contributed by atoms with E-state index in [1.54, 1.807) is 13.8 Å². The lowest BCUT2D eigenvalue weighted by Crippen LogP contribution is -2.58. The molecule has 1 unspecified atom stereocenters. The lowest BCUT2D eigenvalue weighted by Gasteiger charge is -2.31. The van der Waals surface area contributed by atoms with E-state index in [9.17, 15) is 14.4 Å². The molecule has 1 fully saturated rings. The Morgan fingerprint density at radius 3 is 2.88 bits per heavy atom. The van der Waals surface area contributed by atoms with Crippen molar-refractivity contribution in [2.75, 3.05) is 6.54 Å². The zero-order valence-corrected chi connectivity index (χ0v) is 10.2. The Morgan fingerprint density at radius 2 is 2.29 bits per heavy atom. The number of piperazine rings is 1. The number of carbonyl (C=O) groups is 3. The average Bonchev–Trinajstić information content (AvgIpc) is 2.69. The molecule has 1 aliphatic heterocycles. The van der Waals surface area contributed by atoms with Gasteiger partial charge in [0.1, 0.15) is 17.5 Å².